The number of anilines is 3. The number of carbonyl (C=O) groups excluding carboxylic acids is 3. The van der Waals surface area contributed by atoms with Gasteiger partial charge in [-0.1, -0.05) is 39.0 Å². The Bertz CT molecular complexity index is 3810. The number of nitrogens with one attached hydrogen (secondary N) is 3. The number of fused-ring (bicyclic) bond motifs is 9. The Morgan fingerprint density at radius 1 is 0.448 bits per heavy atom. The zero-order valence-corrected chi connectivity index (χ0v) is 51.8. The fraction of sp³-hybridized carbons (Fsp3) is 0.500. The Hall–Kier alpha value is -7.17. The summed E-state index contributed by atoms with van der Waals surface area (Å²) in [5.41, 5.74) is 17.6. The van der Waals surface area contributed by atoms with Crippen molar-refractivity contribution in [1.29, 1.82) is 0 Å². The van der Waals surface area contributed by atoms with Gasteiger partial charge in [0.15, 0.2) is 29.7 Å². The molecule has 6 amide bonds. The third-order valence-electron chi connectivity index (χ3n) is 18.4. The van der Waals surface area contributed by atoms with E-state index in [4.69, 9.17) is 29.6 Å². The summed E-state index contributed by atoms with van der Waals surface area (Å²) in [4.78, 5) is 38.9. The maximum Gasteiger partial charge on any atom is 0.354 e. The molecule has 462 valence electrons. The molecule has 3 aliphatic heterocycles. The van der Waals surface area contributed by atoms with Crippen LogP contribution < -0.4 is 45.6 Å². The SMILES string of the molecule is CC1CCc2cc3c(c(NC(=O)N=S(N)(=O)c4cnn5c4OCCC5)c21)CCC3.C[C@@H]1CCc2cc3c(c(NC(=O)N=S(N)(=O)c4cnn5c4OCCC5)c21)CCC3.C[C@H]1CCc2cc3c(c(NC(=O)N=S(N)(=O)c4cnn5c4OCCC5)c21)CCC3. The van der Waals surface area contributed by atoms with E-state index in [0.717, 1.165) is 133 Å². The van der Waals surface area contributed by atoms with Crippen LogP contribution >= 0.6 is 0 Å². The van der Waals surface area contributed by atoms with E-state index in [9.17, 15) is 27.0 Å². The number of rotatable bonds is 6. The monoisotopic (exact) mass is 1250 g/mol. The number of hydrogen-bond acceptors (Lipinski definition) is 12. The Morgan fingerprint density at radius 2 is 0.736 bits per heavy atom. The van der Waals surface area contributed by atoms with Crippen LogP contribution in [0, 0.1) is 0 Å². The molecule has 0 saturated heterocycles. The lowest BCUT2D eigenvalue weighted by molar-refractivity contribution is 0.224. The predicted molar refractivity (Wildman–Crippen MR) is 329 cm³/mol. The lowest BCUT2D eigenvalue weighted by atomic mass is 9.95. The van der Waals surface area contributed by atoms with Crippen LogP contribution in [0.15, 0.2) is 64.6 Å². The van der Waals surface area contributed by atoms with E-state index in [2.05, 4.69) is 83.3 Å². The van der Waals surface area contributed by atoms with Crippen LogP contribution in [-0.2, 0) is 107 Å². The molecule has 15 rings (SSSR count). The number of ether oxygens (including phenoxy) is 3. The van der Waals surface area contributed by atoms with Crippen molar-refractivity contribution in [2.24, 2.45) is 28.5 Å². The van der Waals surface area contributed by atoms with Gasteiger partial charge in [-0.05, 0) is 181 Å². The average molecular weight is 1250 g/mol. The molecule has 6 heterocycles. The van der Waals surface area contributed by atoms with Crippen LogP contribution in [0.2, 0.25) is 0 Å². The molecule has 6 aliphatic carbocycles. The summed E-state index contributed by atoms with van der Waals surface area (Å²) in [7, 11) is -10.4. The fourth-order valence-corrected chi connectivity index (χ4v) is 17.4. The highest BCUT2D eigenvalue weighted by Gasteiger charge is 2.34. The third kappa shape index (κ3) is 11.3. The van der Waals surface area contributed by atoms with Crippen molar-refractivity contribution in [1.82, 2.24) is 29.3 Å². The van der Waals surface area contributed by atoms with E-state index in [1.807, 2.05) is 0 Å². The van der Waals surface area contributed by atoms with Crippen molar-refractivity contribution in [3.05, 3.63) is 104 Å². The minimum Gasteiger partial charge on any atom is -0.477 e. The number of nitrogens with zero attached hydrogens (tertiary/aromatic N) is 9. The Labute approximate surface area is 506 Å². The Morgan fingerprint density at radius 3 is 1.02 bits per heavy atom. The van der Waals surface area contributed by atoms with Gasteiger partial charge in [-0.3, -0.25) is 0 Å². The van der Waals surface area contributed by atoms with E-state index < -0.39 is 47.8 Å². The second-order valence-corrected chi connectivity index (χ2v) is 29.5. The van der Waals surface area contributed by atoms with Crippen LogP contribution in [0.25, 0.3) is 0 Å². The second kappa shape index (κ2) is 23.4. The maximum absolute atomic E-state index is 13.1. The molecule has 0 fully saturated rings. The highest BCUT2D eigenvalue weighted by molar-refractivity contribution is 7.92. The lowest BCUT2D eigenvalue weighted by Crippen LogP contribution is -2.21. The third-order valence-corrected chi connectivity index (χ3v) is 22.5. The number of nitrogens with two attached hydrogens (primary N) is 3. The maximum atomic E-state index is 13.1. The van der Waals surface area contributed by atoms with Crippen LogP contribution in [-0.4, -0.2) is 79.9 Å². The van der Waals surface area contributed by atoms with Crippen LogP contribution in [0.4, 0.5) is 31.4 Å². The summed E-state index contributed by atoms with van der Waals surface area (Å²) >= 11 is 0. The Balaban J connectivity index is 0.000000121. The van der Waals surface area contributed by atoms with Gasteiger partial charge in [0.1, 0.15) is 14.7 Å². The van der Waals surface area contributed by atoms with Crippen LogP contribution in [0.1, 0.15) is 163 Å². The first-order valence-corrected chi connectivity index (χ1v) is 35.2. The first-order valence-electron chi connectivity index (χ1n) is 30.5. The smallest absolute Gasteiger partial charge is 0.354 e. The number of aromatic nitrogens is 6. The molecule has 4 unspecified atom stereocenters. The molecule has 3 aromatic carbocycles. The summed E-state index contributed by atoms with van der Waals surface area (Å²) in [5, 5.41) is 39.2. The summed E-state index contributed by atoms with van der Waals surface area (Å²) in [6.45, 7) is 10.0. The van der Waals surface area contributed by atoms with Gasteiger partial charge in [-0.15, -0.1) is 13.1 Å². The average Bonchev–Trinajstić information content (AvgIpc) is 2.86. The molecule has 0 radical (unpaired) electrons. The van der Waals surface area contributed by atoms with Crippen molar-refractivity contribution < 1.29 is 41.2 Å². The topological polar surface area (TPSA) is 335 Å². The first kappa shape index (κ1) is 58.8. The number of hydrogen-bond donors (Lipinski definition) is 6. The van der Waals surface area contributed by atoms with Crippen molar-refractivity contribution in [3.8, 4) is 17.6 Å². The van der Waals surface area contributed by atoms with Crippen molar-refractivity contribution >= 4 is 64.9 Å². The molecular formula is C60H75N15O9S3. The van der Waals surface area contributed by atoms with Gasteiger partial charge in [0.05, 0.1) is 38.4 Å². The summed E-state index contributed by atoms with van der Waals surface area (Å²) in [6.07, 6.45) is 22.1. The quantitative estimate of drug-likeness (QED) is 0.0908. The molecule has 87 heavy (non-hydrogen) atoms. The normalized spacial score (nSPS) is 21.5. The number of benzene rings is 3. The van der Waals surface area contributed by atoms with Crippen LogP contribution in [0.5, 0.6) is 17.6 Å². The van der Waals surface area contributed by atoms with Crippen molar-refractivity contribution in [2.45, 2.75) is 188 Å². The fourth-order valence-electron chi connectivity index (χ4n) is 14.4. The first-order chi connectivity index (χ1) is 41.8. The number of amides is 6. The molecule has 9 N–H and O–H groups in total. The second-order valence-electron chi connectivity index (χ2n) is 24.3. The van der Waals surface area contributed by atoms with E-state index >= 15 is 0 Å². The number of aryl methyl sites for hydroxylation is 9. The molecule has 0 bridgehead atoms. The molecule has 24 nitrogen and oxygen atoms in total. The largest absolute Gasteiger partial charge is 0.477 e. The molecular weight excluding hydrogens is 1170 g/mol. The molecule has 0 spiro atoms. The van der Waals surface area contributed by atoms with Crippen LogP contribution in [0.3, 0.4) is 0 Å². The summed E-state index contributed by atoms with van der Waals surface area (Å²) in [5.74, 6) is 2.17. The van der Waals surface area contributed by atoms with Gasteiger partial charge in [-0.2, -0.15) is 15.3 Å². The highest BCUT2D eigenvalue weighted by atomic mass is 32.2. The summed E-state index contributed by atoms with van der Waals surface area (Å²) in [6, 6.07) is 4.85. The number of carbonyl (C=O) groups is 3. The molecule has 6 aromatic rings. The van der Waals surface area contributed by atoms with Gasteiger partial charge in [0, 0.05) is 56.0 Å². The molecule has 27 heteroatoms. The zero-order valence-electron chi connectivity index (χ0n) is 49.3. The van der Waals surface area contributed by atoms with Gasteiger partial charge in [0.2, 0.25) is 17.6 Å². The van der Waals surface area contributed by atoms with E-state index in [0.29, 0.717) is 74.8 Å². The molecule has 0 saturated carbocycles. The molecule has 3 aromatic heterocycles. The van der Waals surface area contributed by atoms with Gasteiger partial charge in [0.25, 0.3) is 0 Å². The van der Waals surface area contributed by atoms with Gasteiger partial charge >= 0.3 is 18.1 Å². The highest BCUT2D eigenvalue weighted by Crippen LogP contribution is 2.47. The molecule has 9 aliphatic rings. The molecule has 6 atom stereocenters. The van der Waals surface area contributed by atoms with Crippen molar-refractivity contribution in [2.75, 3.05) is 35.8 Å². The minimum atomic E-state index is -3.46. The van der Waals surface area contributed by atoms with Gasteiger partial charge < -0.3 is 30.2 Å². The van der Waals surface area contributed by atoms with E-state index in [-0.39, 0.29) is 14.7 Å². The van der Waals surface area contributed by atoms with E-state index in [1.165, 1.54) is 85.4 Å². The predicted octanol–water partition coefficient (Wildman–Crippen LogP) is 9.41. The lowest BCUT2D eigenvalue weighted by Gasteiger charge is -2.18. The van der Waals surface area contributed by atoms with Crippen molar-refractivity contribution in [3.63, 3.8) is 0 Å². The zero-order chi connectivity index (χ0) is 60.5. The van der Waals surface area contributed by atoms with Gasteiger partial charge in [-0.25, -0.2) is 56.5 Å². The minimum absolute atomic E-state index is 0.171. The standard InChI is InChI=1S/3C20H25N5O3S/c3*1-12-6-7-14-10-13-4-2-5-15(13)18(17(12)14)23-20(26)24-29(21,27)16-11-22-25-8-3-9-28-19(16)25/h3*10-12H,2-9H2,1H3,(H3,21,23,24,26,27)/t2*12-,29?;/m10./s1. The van der Waals surface area contributed by atoms with E-state index in [1.54, 1.807) is 14.0 Å². The summed E-state index contributed by atoms with van der Waals surface area (Å²) < 4.78 is 72.3. The number of urea groups is 3. The Kier molecular flexibility index (Phi) is 15.8.